The minimum absolute atomic E-state index is 0.133. The van der Waals surface area contributed by atoms with Gasteiger partial charge in [-0.25, -0.2) is 18.6 Å². The molecule has 0 atom stereocenters. The Morgan fingerprint density at radius 2 is 1.93 bits per heavy atom. The molecule has 4 rings (SSSR count). The highest BCUT2D eigenvalue weighted by Crippen LogP contribution is 2.28. The van der Waals surface area contributed by atoms with Crippen LogP contribution in [-0.4, -0.2) is 30.2 Å². The van der Waals surface area contributed by atoms with Gasteiger partial charge < -0.3 is 5.32 Å². The molecular formula is C16H12F2N6O3S. The molecule has 28 heavy (non-hydrogen) atoms. The molecule has 0 radical (unpaired) electrons. The van der Waals surface area contributed by atoms with Gasteiger partial charge in [0.05, 0.1) is 22.3 Å². The number of carbonyl (C=O) groups excluding carboxylic acids is 1. The summed E-state index contributed by atoms with van der Waals surface area (Å²) in [7, 11) is 2.80. The Balaban J connectivity index is 1.64. The summed E-state index contributed by atoms with van der Waals surface area (Å²) < 4.78 is 29.1. The summed E-state index contributed by atoms with van der Waals surface area (Å²) in [4.78, 5) is 40.7. The number of hydrogen-bond acceptors (Lipinski definition) is 6. The Labute approximate surface area is 158 Å². The standard InChI is InChI=1S/C16H12F2N6O3S/c1-23-13-12(14(26)24(2)16(23)27)9(21-22-13)5-11(25)20-15-19-8-3-6(17)7(18)4-10(8)28-15/h3-4H,5H2,1-2H3,(H,21,22)(H,19,20,25). The van der Waals surface area contributed by atoms with Gasteiger partial charge in [0.15, 0.2) is 22.4 Å². The zero-order valence-corrected chi connectivity index (χ0v) is 15.4. The van der Waals surface area contributed by atoms with E-state index in [0.717, 1.165) is 28.0 Å². The summed E-state index contributed by atoms with van der Waals surface area (Å²) in [5.74, 6) is -2.54. The van der Waals surface area contributed by atoms with Crippen LogP contribution < -0.4 is 16.6 Å². The van der Waals surface area contributed by atoms with Gasteiger partial charge >= 0.3 is 5.69 Å². The maximum absolute atomic E-state index is 13.3. The van der Waals surface area contributed by atoms with Gasteiger partial charge in [-0.2, -0.15) is 5.10 Å². The lowest BCUT2D eigenvalue weighted by Gasteiger charge is -2.03. The molecule has 9 nitrogen and oxygen atoms in total. The van der Waals surface area contributed by atoms with Crippen LogP contribution >= 0.6 is 11.3 Å². The van der Waals surface area contributed by atoms with Gasteiger partial charge in [0.25, 0.3) is 5.56 Å². The van der Waals surface area contributed by atoms with Gasteiger partial charge in [0, 0.05) is 20.2 Å². The number of halogens is 2. The number of nitrogens with zero attached hydrogens (tertiary/aromatic N) is 4. The first-order valence-corrected chi connectivity index (χ1v) is 8.76. The van der Waals surface area contributed by atoms with Crippen LogP contribution in [0.1, 0.15) is 5.69 Å². The summed E-state index contributed by atoms with van der Waals surface area (Å²) >= 11 is 0.988. The van der Waals surface area contributed by atoms with E-state index in [1.165, 1.54) is 18.7 Å². The molecule has 1 amide bonds. The molecule has 0 aliphatic carbocycles. The number of amides is 1. The van der Waals surface area contributed by atoms with Gasteiger partial charge in [-0.1, -0.05) is 11.3 Å². The third kappa shape index (κ3) is 2.78. The third-order valence-electron chi connectivity index (χ3n) is 4.25. The second kappa shape index (κ2) is 6.34. The van der Waals surface area contributed by atoms with Crippen molar-refractivity contribution in [2.45, 2.75) is 6.42 Å². The van der Waals surface area contributed by atoms with Crippen molar-refractivity contribution in [1.82, 2.24) is 24.3 Å². The number of benzene rings is 1. The maximum atomic E-state index is 13.3. The molecule has 3 heterocycles. The topological polar surface area (TPSA) is 115 Å². The molecule has 4 aromatic rings. The number of carbonyl (C=O) groups is 1. The van der Waals surface area contributed by atoms with Crippen LogP contribution in [0.15, 0.2) is 21.7 Å². The van der Waals surface area contributed by atoms with Gasteiger partial charge in [0.2, 0.25) is 5.91 Å². The predicted octanol–water partition coefficient (Wildman–Crippen LogP) is 1.03. The number of rotatable bonds is 3. The Morgan fingerprint density at radius 3 is 2.68 bits per heavy atom. The zero-order chi connectivity index (χ0) is 20.2. The second-order valence-electron chi connectivity index (χ2n) is 6.08. The summed E-state index contributed by atoms with van der Waals surface area (Å²) in [6, 6.07) is 1.95. The summed E-state index contributed by atoms with van der Waals surface area (Å²) in [5, 5.41) is 9.38. The van der Waals surface area contributed by atoms with Crippen LogP contribution in [0, 0.1) is 11.6 Å². The number of aromatic amines is 1. The Bertz CT molecular complexity index is 1340. The fourth-order valence-electron chi connectivity index (χ4n) is 2.83. The fourth-order valence-corrected chi connectivity index (χ4v) is 3.72. The van der Waals surface area contributed by atoms with Gasteiger partial charge in [-0.3, -0.25) is 23.8 Å². The molecule has 0 aliphatic heterocycles. The normalized spacial score (nSPS) is 11.4. The number of anilines is 1. The first kappa shape index (κ1) is 18.0. The third-order valence-corrected chi connectivity index (χ3v) is 5.18. The molecule has 12 heteroatoms. The SMILES string of the molecule is Cn1c(=O)c2c(CC(=O)Nc3nc4cc(F)c(F)cc4s3)[nH]nc2n(C)c1=O. The molecule has 0 spiro atoms. The lowest BCUT2D eigenvalue weighted by Crippen LogP contribution is -2.37. The monoisotopic (exact) mass is 406 g/mol. The molecule has 0 unspecified atom stereocenters. The summed E-state index contributed by atoms with van der Waals surface area (Å²) in [6.07, 6.45) is -0.234. The van der Waals surface area contributed by atoms with Crippen molar-refractivity contribution in [3.05, 3.63) is 50.3 Å². The highest BCUT2D eigenvalue weighted by Gasteiger charge is 2.19. The quantitative estimate of drug-likeness (QED) is 0.527. The van der Waals surface area contributed by atoms with Crippen molar-refractivity contribution >= 4 is 43.6 Å². The predicted molar refractivity (Wildman–Crippen MR) is 98.4 cm³/mol. The highest BCUT2D eigenvalue weighted by atomic mass is 32.1. The molecule has 0 saturated carbocycles. The number of fused-ring (bicyclic) bond motifs is 2. The van der Waals surface area contributed by atoms with Gasteiger partial charge in [0.1, 0.15) is 5.39 Å². The maximum Gasteiger partial charge on any atom is 0.332 e. The number of H-pyrrole nitrogens is 1. The van der Waals surface area contributed by atoms with Crippen molar-refractivity contribution in [2.75, 3.05) is 5.32 Å². The van der Waals surface area contributed by atoms with E-state index in [2.05, 4.69) is 20.5 Å². The van der Waals surface area contributed by atoms with Crippen LogP contribution in [0.2, 0.25) is 0 Å². The van der Waals surface area contributed by atoms with Crippen LogP contribution in [0.5, 0.6) is 0 Å². The van der Waals surface area contributed by atoms with E-state index in [1.807, 2.05) is 0 Å². The van der Waals surface area contributed by atoms with E-state index in [9.17, 15) is 23.2 Å². The number of aryl methyl sites for hydroxylation is 1. The number of aromatic nitrogens is 5. The molecule has 0 bridgehead atoms. The van der Waals surface area contributed by atoms with Crippen molar-refractivity contribution in [3.8, 4) is 0 Å². The molecule has 0 aliphatic rings. The number of nitrogens with one attached hydrogen (secondary N) is 2. The average molecular weight is 406 g/mol. The van der Waals surface area contributed by atoms with Crippen LogP contribution in [0.25, 0.3) is 21.3 Å². The molecular weight excluding hydrogens is 394 g/mol. The van der Waals surface area contributed by atoms with E-state index < -0.39 is 28.8 Å². The summed E-state index contributed by atoms with van der Waals surface area (Å²) in [5.41, 5.74) is -0.506. The zero-order valence-electron chi connectivity index (χ0n) is 14.5. The highest BCUT2D eigenvalue weighted by molar-refractivity contribution is 7.22. The van der Waals surface area contributed by atoms with Crippen LogP contribution in [-0.2, 0) is 25.3 Å². The van der Waals surface area contributed by atoms with Gasteiger partial charge in [-0.05, 0) is 6.07 Å². The average Bonchev–Trinajstić information content (AvgIpc) is 3.22. The van der Waals surface area contributed by atoms with Crippen molar-refractivity contribution in [1.29, 1.82) is 0 Å². The molecule has 1 aromatic carbocycles. The fraction of sp³-hybridized carbons (Fsp3) is 0.188. The molecule has 3 aromatic heterocycles. The first-order valence-electron chi connectivity index (χ1n) is 7.94. The number of thiazole rings is 1. The van der Waals surface area contributed by atoms with E-state index in [4.69, 9.17) is 0 Å². The Morgan fingerprint density at radius 1 is 1.21 bits per heavy atom. The van der Waals surface area contributed by atoms with Crippen molar-refractivity contribution in [2.24, 2.45) is 14.1 Å². The van der Waals surface area contributed by atoms with E-state index in [-0.39, 0.29) is 33.8 Å². The van der Waals surface area contributed by atoms with E-state index in [1.54, 1.807) is 0 Å². The molecule has 144 valence electrons. The second-order valence-corrected chi connectivity index (χ2v) is 7.12. The minimum atomic E-state index is -1.03. The minimum Gasteiger partial charge on any atom is -0.302 e. The summed E-state index contributed by atoms with van der Waals surface area (Å²) in [6.45, 7) is 0. The largest absolute Gasteiger partial charge is 0.332 e. The van der Waals surface area contributed by atoms with E-state index >= 15 is 0 Å². The van der Waals surface area contributed by atoms with Crippen molar-refractivity contribution < 1.29 is 13.6 Å². The van der Waals surface area contributed by atoms with E-state index in [0.29, 0.717) is 4.70 Å². The number of hydrogen-bond donors (Lipinski definition) is 2. The lowest BCUT2D eigenvalue weighted by molar-refractivity contribution is -0.115. The van der Waals surface area contributed by atoms with Crippen LogP contribution in [0.3, 0.4) is 0 Å². The van der Waals surface area contributed by atoms with Gasteiger partial charge in [-0.15, -0.1) is 0 Å². The Hall–Kier alpha value is -3.41. The smallest absolute Gasteiger partial charge is 0.302 e. The van der Waals surface area contributed by atoms with Crippen LogP contribution in [0.4, 0.5) is 13.9 Å². The lowest BCUT2D eigenvalue weighted by atomic mass is 10.2. The Kier molecular flexibility index (Phi) is 4.07. The molecule has 2 N–H and O–H groups in total. The first-order chi connectivity index (χ1) is 13.3. The molecule has 0 fully saturated rings. The van der Waals surface area contributed by atoms with Crippen molar-refractivity contribution in [3.63, 3.8) is 0 Å². The molecule has 0 saturated heterocycles.